The molecule has 0 atom stereocenters. The summed E-state index contributed by atoms with van der Waals surface area (Å²) < 4.78 is 0. The number of carboxylic acid groups (broad SMARTS) is 1. The van der Waals surface area contributed by atoms with Crippen LogP contribution in [0.4, 0.5) is 10.9 Å². The molecule has 1 saturated heterocycles. The van der Waals surface area contributed by atoms with Crippen molar-refractivity contribution >= 4 is 28.3 Å². The highest BCUT2D eigenvalue weighted by atomic mass is 32.1. The molecule has 0 bridgehead atoms. The van der Waals surface area contributed by atoms with Crippen LogP contribution in [0.2, 0.25) is 0 Å². The third kappa shape index (κ3) is 2.97. The Balaban J connectivity index is 1.68. The van der Waals surface area contributed by atoms with Gasteiger partial charge < -0.3 is 14.9 Å². The highest BCUT2D eigenvalue weighted by molar-refractivity contribution is 7.13. The van der Waals surface area contributed by atoms with Crippen molar-refractivity contribution in [1.29, 1.82) is 0 Å². The summed E-state index contributed by atoms with van der Waals surface area (Å²) in [6, 6.07) is 5.11. The van der Waals surface area contributed by atoms with E-state index < -0.39 is 5.97 Å². The van der Waals surface area contributed by atoms with Crippen LogP contribution in [0.15, 0.2) is 23.6 Å². The van der Waals surface area contributed by atoms with Gasteiger partial charge in [0.25, 0.3) is 0 Å². The lowest BCUT2D eigenvalue weighted by Crippen LogP contribution is -2.46. The van der Waals surface area contributed by atoms with Crippen LogP contribution >= 0.6 is 11.3 Å². The zero-order valence-corrected chi connectivity index (χ0v) is 12.5. The Kier molecular flexibility index (Phi) is 3.74. The van der Waals surface area contributed by atoms with Crippen molar-refractivity contribution in [2.75, 3.05) is 36.0 Å². The fourth-order valence-corrected chi connectivity index (χ4v) is 3.19. The predicted octanol–water partition coefficient (Wildman–Crippen LogP) is 1.87. The van der Waals surface area contributed by atoms with E-state index in [1.807, 2.05) is 13.0 Å². The number of hydrogen-bond acceptors (Lipinski definition) is 6. The summed E-state index contributed by atoms with van der Waals surface area (Å²) in [5, 5.41) is 12.1. The van der Waals surface area contributed by atoms with E-state index in [1.165, 1.54) is 6.07 Å². The second-order valence-corrected chi connectivity index (χ2v) is 5.77. The molecule has 1 N–H and O–H groups in total. The molecule has 3 rings (SSSR count). The van der Waals surface area contributed by atoms with Gasteiger partial charge in [-0.1, -0.05) is 6.07 Å². The minimum atomic E-state index is -0.992. The van der Waals surface area contributed by atoms with Crippen molar-refractivity contribution in [3.63, 3.8) is 0 Å². The van der Waals surface area contributed by atoms with Crippen LogP contribution in [-0.2, 0) is 0 Å². The average Bonchev–Trinajstić information content (AvgIpc) is 2.94. The number of nitrogens with zero attached hydrogens (tertiary/aromatic N) is 4. The summed E-state index contributed by atoms with van der Waals surface area (Å²) in [6.07, 6.45) is 0. The molecular formula is C14H16N4O2S. The van der Waals surface area contributed by atoms with E-state index in [-0.39, 0.29) is 5.69 Å². The number of pyridine rings is 1. The number of anilines is 2. The Morgan fingerprint density at radius 1 is 1.19 bits per heavy atom. The number of piperazine rings is 1. The van der Waals surface area contributed by atoms with Gasteiger partial charge in [0, 0.05) is 31.6 Å². The van der Waals surface area contributed by atoms with E-state index in [2.05, 4.69) is 25.1 Å². The quantitative estimate of drug-likeness (QED) is 0.933. The standard InChI is InChI=1S/C14H16N4O2S/c1-10-9-21-14(15-10)18-7-5-17(6-8-18)12-4-2-3-11(16-12)13(19)20/h2-4,9H,5-8H2,1H3,(H,19,20). The smallest absolute Gasteiger partial charge is 0.354 e. The average molecular weight is 304 g/mol. The Labute approximate surface area is 126 Å². The van der Waals surface area contributed by atoms with Crippen LogP contribution in [0.3, 0.4) is 0 Å². The summed E-state index contributed by atoms with van der Waals surface area (Å²) >= 11 is 1.66. The highest BCUT2D eigenvalue weighted by Crippen LogP contribution is 2.22. The predicted molar refractivity (Wildman–Crippen MR) is 82.5 cm³/mol. The van der Waals surface area contributed by atoms with E-state index in [1.54, 1.807) is 17.4 Å². The normalized spacial score (nSPS) is 15.3. The van der Waals surface area contributed by atoms with E-state index >= 15 is 0 Å². The molecule has 2 aromatic rings. The topological polar surface area (TPSA) is 69.6 Å². The van der Waals surface area contributed by atoms with Crippen molar-refractivity contribution in [2.45, 2.75) is 6.92 Å². The van der Waals surface area contributed by atoms with Gasteiger partial charge in [0.05, 0.1) is 5.69 Å². The van der Waals surface area contributed by atoms with Crippen molar-refractivity contribution in [1.82, 2.24) is 9.97 Å². The van der Waals surface area contributed by atoms with Crippen molar-refractivity contribution in [2.24, 2.45) is 0 Å². The van der Waals surface area contributed by atoms with Crippen molar-refractivity contribution < 1.29 is 9.90 Å². The summed E-state index contributed by atoms with van der Waals surface area (Å²) in [5.74, 6) is -0.265. The molecule has 0 aliphatic carbocycles. The highest BCUT2D eigenvalue weighted by Gasteiger charge is 2.20. The van der Waals surface area contributed by atoms with Crippen LogP contribution in [0.1, 0.15) is 16.2 Å². The first kappa shape index (κ1) is 13.8. The van der Waals surface area contributed by atoms with Gasteiger partial charge in [-0.2, -0.15) is 0 Å². The molecule has 6 nitrogen and oxygen atoms in total. The monoisotopic (exact) mass is 304 g/mol. The molecule has 0 spiro atoms. The first-order chi connectivity index (χ1) is 10.1. The van der Waals surface area contributed by atoms with Crippen molar-refractivity contribution in [3.8, 4) is 0 Å². The molecule has 1 fully saturated rings. The van der Waals surface area contributed by atoms with Crippen LogP contribution in [0.25, 0.3) is 0 Å². The van der Waals surface area contributed by atoms with Crippen LogP contribution < -0.4 is 9.80 Å². The second kappa shape index (κ2) is 5.69. The lowest BCUT2D eigenvalue weighted by molar-refractivity contribution is 0.0690. The molecule has 1 aliphatic rings. The molecule has 1 aliphatic heterocycles. The lowest BCUT2D eigenvalue weighted by atomic mass is 10.3. The molecule has 21 heavy (non-hydrogen) atoms. The Bertz CT molecular complexity index is 650. The summed E-state index contributed by atoms with van der Waals surface area (Å²) in [6.45, 7) is 5.36. The maximum absolute atomic E-state index is 11.0. The third-order valence-corrected chi connectivity index (χ3v) is 4.45. The van der Waals surface area contributed by atoms with Crippen LogP contribution in [-0.4, -0.2) is 47.2 Å². The van der Waals surface area contributed by atoms with Gasteiger partial charge in [-0.05, 0) is 19.1 Å². The van der Waals surface area contributed by atoms with E-state index in [0.717, 1.165) is 42.8 Å². The second-order valence-electron chi connectivity index (χ2n) is 4.93. The Morgan fingerprint density at radius 3 is 2.52 bits per heavy atom. The molecular weight excluding hydrogens is 288 g/mol. The molecule has 0 saturated carbocycles. The van der Waals surface area contributed by atoms with Gasteiger partial charge in [0.2, 0.25) is 0 Å². The first-order valence-corrected chi connectivity index (χ1v) is 7.64. The minimum absolute atomic E-state index is 0.0884. The van der Waals surface area contributed by atoms with Gasteiger partial charge in [-0.25, -0.2) is 14.8 Å². The summed E-state index contributed by atoms with van der Waals surface area (Å²) in [4.78, 5) is 24.0. The summed E-state index contributed by atoms with van der Waals surface area (Å²) in [5.41, 5.74) is 1.14. The molecule has 2 aromatic heterocycles. The Morgan fingerprint density at radius 2 is 1.90 bits per heavy atom. The van der Waals surface area contributed by atoms with E-state index in [0.29, 0.717) is 0 Å². The summed E-state index contributed by atoms with van der Waals surface area (Å²) in [7, 11) is 0. The number of aryl methyl sites for hydroxylation is 1. The first-order valence-electron chi connectivity index (χ1n) is 6.76. The van der Waals surface area contributed by atoms with Crippen LogP contribution in [0, 0.1) is 6.92 Å². The zero-order valence-electron chi connectivity index (χ0n) is 11.7. The largest absolute Gasteiger partial charge is 0.477 e. The van der Waals surface area contributed by atoms with E-state index in [4.69, 9.17) is 5.11 Å². The Hall–Kier alpha value is -2.15. The number of aromatic carboxylic acids is 1. The number of carboxylic acids is 1. The van der Waals surface area contributed by atoms with Gasteiger partial charge >= 0.3 is 5.97 Å². The maximum Gasteiger partial charge on any atom is 0.354 e. The molecule has 0 unspecified atom stereocenters. The SMILES string of the molecule is Cc1csc(N2CCN(c3cccc(C(=O)O)n3)CC2)n1. The number of aromatic nitrogens is 2. The fourth-order valence-electron chi connectivity index (χ4n) is 2.33. The van der Waals surface area contributed by atoms with Gasteiger partial charge in [0.15, 0.2) is 10.8 Å². The van der Waals surface area contributed by atoms with Gasteiger partial charge in [-0.3, -0.25) is 0 Å². The molecule has 7 heteroatoms. The molecule has 0 amide bonds. The zero-order chi connectivity index (χ0) is 14.8. The third-order valence-electron chi connectivity index (χ3n) is 3.43. The molecule has 0 radical (unpaired) electrons. The molecule has 3 heterocycles. The number of hydrogen-bond donors (Lipinski definition) is 1. The molecule has 0 aromatic carbocycles. The van der Waals surface area contributed by atoms with Gasteiger partial charge in [0.1, 0.15) is 5.82 Å². The number of carbonyl (C=O) groups is 1. The molecule has 110 valence electrons. The lowest BCUT2D eigenvalue weighted by Gasteiger charge is -2.35. The van der Waals surface area contributed by atoms with Crippen LogP contribution in [0.5, 0.6) is 0 Å². The van der Waals surface area contributed by atoms with E-state index in [9.17, 15) is 4.79 Å². The minimum Gasteiger partial charge on any atom is -0.477 e. The number of thiazole rings is 1. The number of rotatable bonds is 3. The van der Waals surface area contributed by atoms with Gasteiger partial charge in [-0.15, -0.1) is 11.3 Å². The fraction of sp³-hybridized carbons (Fsp3) is 0.357. The maximum atomic E-state index is 11.0. The van der Waals surface area contributed by atoms with Crippen molar-refractivity contribution in [3.05, 3.63) is 35.0 Å².